The first-order valence-electron chi connectivity index (χ1n) is 6.20. The number of amides is 1. The van der Waals surface area contributed by atoms with E-state index in [1.807, 2.05) is 34.6 Å². The third kappa shape index (κ3) is 8.90. The number of guanidine groups is 1. The third-order valence-electron chi connectivity index (χ3n) is 2.68. The normalized spacial score (nSPS) is 11.2. The summed E-state index contributed by atoms with van der Waals surface area (Å²) in [5.41, 5.74) is 9.66. The van der Waals surface area contributed by atoms with Crippen LogP contribution in [-0.2, 0) is 4.74 Å². The van der Waals surface area contributed by atoms with Crippen LogP contribution in [0, 0.1) is 0 Å². The van der Waals surface area contributed by atoms with Crippen LogP contribution in [-0.4, -0.2) is 29.7 Å². The predicted molar refractivity (Wildman–Crippen MR) is 88.8 cm³/mol. The van der Waals surface area contributed by atoms with Gasteiger partial charge in [-0.25, -0.2) is 4.79 Å². The van der Waals surface area contributed by atoms with Gasteiger partial charge in [0.1, 0.15) is 5.60 Å². The van der Waals surface area contributed by atoms with Gasteiger partial charge in [-0.1, -0.05) is 13.8 Å². The number of carbonyl (C=O) groups is 1. The molecular weight excluding hydrogens is 359 g/mol. The molecule has 0 spiro atoms. The highest BCUT2D eigenvalue weighted by Gasteiger charge is 2.30. The zero-order chi connectivity index (χ0) is 14.4. The van der Waals surface area contributed by atoms with E-state index >= 15 is 0 Å². The van der Waals surface area contributed by atoms with Crippen LogP contribution in [0.4, 0.5) is 4.79 Å². The van der Waals surface area contributed by atoms with Gasteiger partial charge in [0, 0.05) is 0 Å². The highest BCUT2D eigenvalue weighted by molar-refractivity contribution is 14.0. The molecule has 1 amide bonds. The summed E-state index contributed by atoms with van der Waals surface area (Å²) in [5, 5.41) is 2.86. The molecule has 0 fully saturated rings. The molecular formula is C12H27IN4O2. The minimum absolute atomic E-state index is 0. The second-order valence-corrected chi connectivity index (χ2v) is 5.36. The lowest BCUT2D eigenvalue weighted by Gasteiger charge is -2.32. The molecule has 0 aliphatic carbocycles. The SMILES string of the molecule is CCC(CC)(CN=C(N)N)NC(=O)OC(C)(C)C.I. The molecule has 0 bridgehead atoms. The Hall–Kier alpha value is -0.730. The number of rotatable bonds is 5. The lowest BCUT2D eigenvalue weighted by Crippen LogP contribution is -2.52. The Bertz CT molecular complexity index is 305. The van der Waals surface area contributed by atoms with Gasteiger partial charge in [0.15, 0.2) is 5.96 Å². The zero-order valence-corrected chi connectivity index (χ0v) is 14.8. The molecule has 0 aromatic carbocycles. The minimum Gasteiger partial charge on any atom is -0.444 e. The summed E-state index contributed by atoms with van der Waals surface area (Å²) in [6, 6.07) is 0. The number of nitrogens with one attached hydrogen (secondary N) is 1. The quantitative estimate of drug-likeness (QED) is 0.382. The predicted octanol–water partition coefficient (Wildman–Crippen LogP) is 1.96. The van der Waals surface area contributed by atoms with Crippen LogP contribution in [0.2, 0.25) is 0 Å². The standard InChI is InChI=1S/C12H26N4O2.HI/c1-6-12(7-2,8-15-9(13)14)16-10(17)18-11(3,4)5;/h6-8H2,1-5H3,(H,16,17)(H4,13,14,15);1H. The maximum absolute atomic E-state index is 11.8. The molecule has 0 saturated heterocycles. The molecule has 0 aliphatic heterocycles. The van der Waals surface area contributed by atoms with Crippen LogP contribution in [0.15, 0.2) is 4.99 Å². The van der Waals surface area contributed by atoms with E-state index in [-0.39, 0.29) is 29.9 Å². The van der Waals surface area contributed by atoms with Gasteiger partial charge in [-0.15, -0.1) is 24.0 Å². The monoisotopic (exact) mass is 386 g/mol. The molecule has 0 heterocycles. The van der Waals surface area contributed by atoms with Crippen molar-refractivity contribution in [2.45, 2.75) is 58.6 Å². The molecule has 0 rings (SSSR count). The number of hydrogen-bond donors (Lipinski definition) is 3. The van der Waals surface area contributed by atoms with Crippen LogP contribution in [0.25, 0.3) is 0 Å². The Balaban J connectivity index is 0. The molecule has 0 radical (unpaired) electrons. The van der Waals surface area contributed by atoms with Crippen LogP contribution in [0.5, 0.6) is 0 Å². The summed E-state index contributed by atoms with van der Waals surface area (Å²) in [5.74, 6) is 0.0206. The summed E-state index contributed by atoms with van der Waals surface area (Å²) in [7, 11) is 0. The van der Waals surface area contributed by atoms with Crippen molar-refractivity contribution >= 4 is 36.0 Å². The molecule has 0 aromatic heterocycles. The number of ether oxygens (including phenoxy) is 1. The van der Waals surface area contributed by atoms with Gasteiger partial charge >= 0.3 is 6.09 Å². The molecule has 19 heavy (non-hydrogen) atoms. The van der Waals surface area contributed by atoms with Crippen LogP contribution in [0.3, 0.4) is 0 Å². The van der Waals surface area contributed by atoms with E-state index in [1.54, 1.807) is 0 Å². The van der Waals surface area contributed by atoms with Crippen molar-refractivity contribution in [3.8, 4) is 0 Å². The van der Waals surface area contributed by atoms with E-state index in [2.05, 4.69) is 10.3 Å². The van der Waals surface area contributed by atoms with E-state index in [9.17, 15) is 4.79 Å². The zero-order valence-electron chi connectivity index (χ0n) is 12.4. The summed E-state index contributed by atoms with van der Waals surface area (Å²) < 4.78 is 5.24. The first-order valence-corrected chi connectivity index (χ1v) is 6.20. The van der Waals surface area contributed by atoms with E-state index in [1.165, 1.54) is 0 Å². The van der Waals surface area contributed by atoms with Gasteiger partial charge in [0.2, 0.25) is 0 Å². The number of hydrogen-bond acceptors (Lipinski definition) is 3. The third-order valence-corrected chi connectivity index (χ3v) is 2.68. The van der Waals surface area contributed by atoms with Gasteiger partial charge in [-0.3, -0.25) is 4.99 Å². The largest absolute Gasteiger partial charge is 0.444 e. The van der Waals surface area contributed by atoms with Gasteiger partial charge in [0.25, 0.3) is 0 Å². The van der Waals surface area contributed by atoms with Gasteiger partial charge in [-0.2, -0.15) is 0 Å². The van der Waals surface area contributed by atoms with Crippen molar-refractivity contribution in [3.05, 3.63) is 0 Å². The molecule has 7 heteroatoms. The summed E-state index contributed by atoms with van der Waals surface area (Å²) >= 11 is 0. The number of carbonyl (C=O) groups excluding carboxylic acids is 1. The summed E-state index contributed by atoms with van der Waals surface area (Å²) in [4.78, 5) is 15.8. The molecule has 0 atom stereocenters. The average Bonchev–Trinajstić information content (AvgIpc) is 2.21. The Morgan fingerprint density at radius 1 is 1.21 bits per heavy atom. The number of nitrogens with zero attached hydrogens (tertiary/aromatic N) is 1. The van der Waals surface area contributed by atoms with Crippen LogP contribution in [0.1, 0.15) is 47.5 Å². The average molecular weight is 386 g/mol. The van der Waals surface area contributed by atoms with Crippen molar-refractivity contribution < 1.29 is 9.53 Å². The molecule has 114 valence electrons. The van der Waals surface area contributed by atoms with Gasteiger partial charge < -0.3 is 21.5 Å². The minimum atomic E-state index is -0.520. The first kappa shape index (κ1) is 20.6. The Morgan fingerprint density at radius 3 is 2.00 bits per heavy atom. The fraction of sp³-hybridized carbons (Fsp3) is 0.833. The van der Waals surface area contributed by atoms with Gasteiger partial charge in [0.05, 0.1) is 12.1 Å². The lowest BCUT2D eigenvalue weighted by atomic mass is 9.93. The maximum atomic E-state index is 11.8. The van der Waals surface area contributed by atoms with Crippen LogP contribution >= 0.6 is 24.0 Å². The van der Waals surface area contributed by atoms with Crippen molar-refractivity contribution in [3.63, 3.8) is 0 Å². The fourth-order valence-corrected chi connectivity index (χ4v) is 1.45. The molecule has 0 saturated carbocycles. The Kier molecular flexibility index (Phi) is 9.15. The molecule has 5 N–H and O–H groups in total. The number of alkyl carbamates (subject to hydrolysis) is 1. The van der Waals surface area contributed by atoms with E-state index in [0.717, 1.165) is 12.8 Å². The molecule has 0 aliphatic rings. The topological polar surface area (TPSA) is 103 Å². The number of halogens is 1. The number of nitrogens with two attached hydrogens (primary N) is 2. The van der Waals surface area contributed by atoms with Crippen molar-refractivity contribution in [1.29, 1.82) is 0 Å². The lowest BCUT2D eigenvalue weighted by molar-refractivity contribution is 0.0452. The number of aliphatic imine (C=N–C) groups is 1. The summed E-state index contributed by atoms with van der Waals surface area (Å²) in [6.07, 6.45) is 0.996. The highest BCUT2D eigenvalue weighted by Crippen LogP contribution is 2.17. The second-order valence-electron chi connectivity index (χ2n) is 5.36. The van der Waals surface area contributed by atoms with Crippen molar-refractivity contribution in [2.75, 3.05) is 6.54 Å². The highest BCUT2D eigenvalue weighted by atomic mass is 127. The van der Waals surface area contributed by atoms with Gasteiger partial charge in [-0.05, 0) is 33.6 Å². The second kappa shape index (κ2) is 8.44. The first-order chi connectivity index (χ1) is 8.14. The smallest absolute Gasteiger partial charge is 0.408 e. The van der Waals surface area contributed by atoms with E-state index in [4.69, 9.17) is 16.2 Å². The Morgan fingerprint density at radius 2 is 1.68 bits per heavy atom. The Labute approximate surface area is 132 Å². The van der Waals surface area contributed by atoms with Crippen molar-refractivity contribution in [1.82, 2.24) is 5.32 Å². The summed E-state index contributed by atoms with van der Waals surface area (Å²) in [6.45, 7) is 9.76. The molecule has 0 aromatic rings. The van der Waals surface area contributed by atoms with Crippen LogP contribution < -0.4 is 16.8 Å². The van der Waals surface area contributed by atoms with E-state index < -0.39 is 17.2 Å². The van der Waals surface area contributed by atoms with E-state index in [0.29, 0.717) is 6.54 Å². The molecule has 0 unspecified atom stereocenters. The fourth-order valence-electron chi connectivity index (χ4n) is 1.45. The molecule has 6 nitrogen and oxygen atoms in total. The maximum Gasteiger partial charge on any atom is 0.408 e. The van der Waals surface area contributed by atoms with Crippen molar-refractivity contribution in [2.24, 2.45) is 16.5 Å².